The molecule has 0 radical (unpaired) electrons. The van der Waals surface area contributed by atoms with Crippen molar-refractivity contribution < 1.29 is 34.5 Å². The van der Waals surface area contributed by atoms with Crippen LogP contribution in [-0.4, -0.2) is 74.5 Å². The van der Waals surface area contributed by atoms with E-state index in [1.165, 1.54) is 5.57 Å². The minimum absolute atomic E-state index is 0.00938. The van der Waals surface area contributed by atoms with Crippen LogP contribution in [0.3, 0.4) is 0 Å². The minimum atomic E-state index is -1.20. The molecular weight excluding hydrogens is 476 g/mol. The van der Waals surface area contributed by atoms with Gasteiger partial charge in [0.1, 0.15) is 11.6 Å². The third-order valence-electron chi connectivity index (χ3n) is 11.0. The lowest BCUT2D eigenvalue weighted by molar-refractivity contribution is -0.159. The number of Topliss-reactive ketones (excluding diaryl/α,β-unsaturated/α-hetero) is 1. The van der Waals surface area contributed by atoms with Crippen molar-refractivity contribution in [3.63, 3.8) is 0 Å². The summed E-state index contributed by atoms with van der Waals surface area (Å²) in [6.07, 6.45) is 8.33. The van der Waals surface area contributed by atoms with Crippen molar-refractivity contribution in [3.05, 3.63) is 11.6 Å². The number of carbonyl (C=O) groups excluding carboxylic acids is 2. The summed E-state index contributed by atoms with van der Waals surface area (Å²) < 4.78 is 0. The second kappa shape index (κ2) is 9.19. The van der Waals surface area contributed by atoms with Gasteiger partial charge < -0.3 is 25.1 Å². The number of fused-ring (bicyclic) bond motifs is 5. The largest absolute Gasteiger partial charge is 0.480 e. The molecule has 0 unspecified atom stereocenters. The van der Waals surface area contributed by atoms with E-state index in [0.29, 0.717) is 24.2 Å². The maximum absolute atomic E-state index is 12.5. The summed E-state index contributed by atoms with van der Waals surface area (Å²) in [5.41, 5.74) is 0.673. The highest BCUT2D eigenvalue weighted by Gasteiger charge is 2.65. The molecule has 0 aromatic heterocycles. The van der Waals surface area contributed by atoms with Crippen LogP contribution in [0.2, 0.25) is 0 Å². The van der Waals surface area contributed by atoms with Crippen molar-refractivity contribution in [1.29, 1.82) is 0 Å². The maximum atomic E-state index is 12.5. The number of amides is 1. The number of aliphatic hydroxyl groups excluding tert-OH is 1. The quantitative estimate of drug-likeness (QED) is 0.478. The lowest BCUT2D eigenvalue weighted by Crippen LogP contribution is -2.57. The van der Waals surface area contributed by atoms with Gasteiger partial charge in [-0.3, -0.25) is 9.59 Å². The first-order chi connectivity index (χ1) is 17.4. The number of likely N-dealkylation sites (tertiary alicyclic amines) is 1. The van der Waals surface area contributed by atoms with Crippen LogP contribution in [0.25, 0.3) is 0 Å². The van der Waals surface area contributed by atoms with Gasteiger partial charge >= 0.3 is 5.97 Å². The molecule has 0 aromatic rings. The normalized spacial score (nSPS) is 44.0. The van der Waals surface area contributed by atoms with E-state index in [1.807, 2.05) is 0 Å². The lowest BCUT2D eigenvalue weighted by atomic mass is 9.46. The fraction of sp³-hybridized carbons (Fsp3) is 0.786. The number of carboxylic acid groups (broad SMARTS) is 1. The number of aliphatic hydroxyl groups is 2. The molecule has 8 atom stereocenters. The summed E-state index contributed by atoms with van der Waals surface area (Å²) in [5, 5.41) is 34.6. The van der Waals surface area contributed by atoms with E-state index >= 15 is 0 Å². The first-order valence-corrected chi connectivity index (χ1v) is 13.7. The van der Waals surface area contributed by atoms with Crippen LogP contribution in [0, 0.1) is 28.6 Å². The maximum Gasteiger partial charge on any atom is 0.326 e. The molecule has 1 saturated heterocycles. The topological polar surface area (TPSA) is 137 Å². The molecule has 4 fully saturated rings. The molecule has 5 rings (SSSR count). The standard InChI is InChI=1S/C28H40N2O7/c1-16(31)28(36)11-8-22-20-5-4-17-12-18(6-9-26(17,2)21(20)7-10-27(22,28)3)29-37-15-24(33)30-14-19(32)13-23(30)25(34)35/h12,19-23,32,36H,4-11,13-15H2,1-3H3,(H,34,35)/b29-18+/t19-,20-,21+,22+,23-,26+,27+,28+/m1/s1. The van der Waals surface area contributed by atoms with E-state index in [-0.39, 0.29) is 36.2 Å². The number of hydrogen-bond acceptors (Lipinski definition) is 7. The molecule has 204 valence electrons. The Balaban J connectivity index is 1.26. The van der Waals surface area contributed by atoms with Gasteiger partial charge in [-0.2, -0.15) is 0 Å². The number of ketones is 1. The van der Waals surface area contributed by atoms with Gasteiger partial charge in [0, 0.05) is 18.4 Å². The van der Waals surface area contributed by atoms with Crippen LogP contribution in [0.1, 0.15) is 78.6 Å². The average molecular weight is 517 g/mol. The Bertz CT molecular complexity index is 1060. The van der Waals surface area contributed by atoms with Crippen LogP contribution in [0.5, 0.6) is 0 Å². The molecular formula is C28H40N2O7. The van der Waals surface area contributed by atoms with Crippen LogP contribution in [0.15, 0.2) is 16.8 Å². The molecule has 0 aromatic carbocycles. The highest BCUT2D eigenvalue weighted by molar-refractivity contribution is 5.96. The van der Waals surface area contributed by atoms with Crippen molar-refractivity contribution >= 4 is 23.4 Å². The van der Waals surface area contributed by atoms with Gasteiger partial charge in [0.15, 0.2) is 12.4 Å². The number of rotatable bonds is 5. The highest BCUT2D eigenvalue weighted by Crippen LogP contribution is 2.67. The number of nitrogens with zero attached hydrogens (tertiary/aromatic N) is 2. The average Bonchev–Trinajstić information content (AvgIpc) is 3.37. The van der Waals surface area contributed by atoms with E-state index in [9.17, 15) is 29.7 Å². The van der Waals surface area contributed by atoms with Crippen molar-refractivity contribution in [1.82, 2.24) is 4.90 Å². The highest BCUT2D eigenvalue weighted by atomic mass is 16.6. The first kappa shape index (κ1) is 26.4. The predicted octanol–water partition coefficient (Wildman–Crippen LogP) is 2.69. The third-order valence-corrected chi connectivity index (χ3v) is 11.0. The SMILES string of the molecule is CC(=O)[C@@]1(O)CC[C@H]2[C@@H]3CCC4=C/C(=N/OCC(=O)N5C[C@H](O)C[C@@H]5C(=O)O)CC[C@]4(C)[C@H]3CC[C@@]21C. The van der Waals surface area contributed by atoms with E-state index in [4.69, 9.17) is 4.84 Å². The molecule has 1 aliphatic heterocycles. The van der Waals surface area contributed by atoms with E-state index in [1.54, 1.807) is 6.92 Å². The summed E-state index contributed by atoms with van der Waals surface area (Å²) >= 11 is 0. The third kappa shape index (κ3) is 4.04. The number of allylic oxidation sites excluding steroid dienone is 2. The molecule has 9 heteroatoms. The van der Waals surface area contributed by atoms with E-state index < -0.39 is 29.6 Å². The van der Waals surface area contributed by atoms with Gasteiger partial charge in [0.25, 0.3) is 5.91 Å². The molecule has 1 amide bonds. The second-order valence-electron chi connectivity index (χ2n) is 12.6. The van der Waals surface area contributed by atoms with Crippen LogP contribution in [-0.2, 0) is 19.2 Å². The Morgan fingerprint density at radius 1 is 1.11 bits per heavy atom. The van der Waals surface area contributed by atoms with Crippen molar-refractivity contribution in [2.24, 2.45) is 33.7 Å². The van der Waals surface area contributed by atoms with Gasteiger partial charge in [-0.1, -0.05) is 24.6 Å². The fourth-order valence-electron chi connectivity index (χ4n) is 8.81. The van der Waals surface area contributed by atoms with Gasteiger partial charge in [-0.25, -0.2) is 4.79 Å². The van der Waals surface area contributed by atoms with Crippen LogP contribution < -0.4 is 0 Å². The number of carbonyl (C=O) groups is 3. The summed E-state index contributed by atoms with van der Waals surface area (Å²) in [5.74, 6) is -0.334. The molecule has 1 heterocycles. The van der Waals surface area contributed by atoms with Crippen LogP contribution in [0.4, 0.5) is 0 Å². The van der Waals surface area contributed by atoms with Crippen molar-refractivity contribution in [3.8, 4) is 0 Å². The summed E-state index contributed by atoms with van der Waals surface area (Å²) in [4.78, 5) is 42.8. The smallest absolute Gasteiger partial charge is 0.326 e. The van der Waals surface area contributed by atoms with Gasteiger partial charge in [0.2, 0.25) is 0 Å². The number of carboxylic acids is 1. The summed E-state index contributed by atoms with van der Waals surface area (Å²) in [6, 6.07) is -1.03. The van der Waals surface area contributed by atoms with Crippen molar-refractivity contribution in [2.75, 3.05) is 13.2 Å². The molecule has 0 bridgehead atoms. The molecule has 5 aliphatic rings. The Hall–Kier alpha value is -2.26. The minimum Gasteiger partial charge on any atom is -0.480 e. The summed E-state index contributed by atoms with van der Waals surface area (Å²) in [6.45, 7) is 5.67. The molecule has 37 heavy (non-hydrogen) atoms. The molecule has 4 aliphatic carbocycles. The van der Waals surface area contributed by atoms with E-state index in [0.717, 1.165) is 55.6 Å². The Kier molecular flexibility index (Phi) is 6.54. The predicted molar refractivity (Wildman–Crippen MR) is 134 cm³/mol. The monoisotopic (exact) mass is 516 g/mol. The molecule has 3 saturated carbocycles. The number of hydrogen-bond donors (Lipinski definition) is 3. The molecule has 9 nitrogen and oxygen atoms in total. The number of oxime groups is 1. The van der Waals surface area contributed by atoms with Gasteiger partial charge in [0.05, 0.1) is 11.8 Å². The Morgan fingerprint density at radius 3 is 2.54 bits per heavy atom. The zero-order valence-corrected chi connectivity index (χ0v) is 22.1. The van der Waals surface area contributed by atoms with Crippen molar-refractivity contribution in [2.45, 2.75) is 96.3 Å². The zero-order chi connectivity index (χ0) is 26.8. The zero-order valence-electron chi connectivity index (χ0n) is 22.1. The van der Waals surface area contributed by atoms with Gasteiger partial charge in [-0.05, 0) is 87.5 Å². The summed E-state index contributed by atoms with van der Waals surface area (Å²) in [7, 11) is 0. The van der Waals surface area contributed by atoms with E-state index in [2.05, 4.69) is 25.1 Å². The number of aliphatic carboxylic acids is 1. The first-order valence-electron chi connectivity index (χ1n) is 13.7. The number of β-amino-alcohol motifs (C(OH)–C–C–N with tert-alkyl or cyclic N) is 1. The Morgan fingerprint density at radius 2 is 1.84 bits per heavy atom. The lowest BCUT2D eigenvalue weighted by Gasteiger charge is -2.59. The Labute approximate surface area is 217 Å². The molecule has 3 N–H and O–H groups in total. The second-order valence-corrected chi connectivity index (χ2v) is 12.6. The molecule has 0 spiro atoms. The fourth-order valence-corrected chi connectivity index (χ4v) is 8.81. The van der Waals surface area contributed by atoms with Gasteiger partial charge in [-0.15, -0.1) is 0 Å². The van der Waals surface area contributed by atoms with Crippen LogP contribution >= 0.6 is 0 Å².